The van der Waals surface area contributed by atoms with E-state index in [1.165, 1.54) is 10.3 Å². The van der Waals surface area contributed by atoms with Crippen LogP contribution in [0.4, 0.5) is 8.78 Å². The van der Waals surface area contributed by atoms with Crippen molar-refractivity contribution in [3.8, 4) is 0 Å². The standard InChI is InChI=1S/C7H14F2N4O/c8-7(9,6(14)12-11)4-13-2-1-5(10)3-13/h5H,1-4,10-11H2,(H,12,14). The molecule has 0 aromatic carbocycles. The van der Waals surface area contributed by atoms with E-state index in [0.717, 1.165) is 0 Å². The first-order chi connectivity index (χ1) is 6.45. The van der Waals surface area contributed by atoms with Crippen molar-refractivity contribution in [3.63, 3.8) is 0 Å². The predicted octanol–water partition coefficient (Wildman–Crippen LogP) is -1.36. The topological polar surface area (TPSA) is 84.4 Å². The summed E-state index contributed by atoms with van der Waals surface area (Å²) in [6.45, 7) is 0.270. The van der Waals surface area contributed by atoms with Gasteiger partial charge < -0.3 is 5.73 Å². The fourth-order valence-electron chi connectivity index (χ4n) is 1.46. The number of carbonyl (C=O) groups is 1. The van der Waals surface area contributed by atoms with Crippen LogP contribution in [-0.2, 0) is 4.79 Å². The number of rotatable bonds is 3. The zero-order valence-electron chi connectivity index (χ0n) is 7.67. The van der Waals surface area contributed by atoms with Crippen LogP contribution in [0.1, 0.15) is 6.42 Å². The second kappa shape index (κ2) is 4.16. The molecule has 5 N–H and O–H groups in total. The smallest absolute Gasteiger partial charge is 0.326 e. The molecular weight excluding hydrogens is 194 g/mol. The average Bonchev–Trinajstić information content (AvgIpc) is 2.48. The number of hydrazine groups is 1. The summed E-state index contributed by atoms with van der Waals surface area (Å²) in [5, 5.41) is 0. The molecule has 0 aliphatic carbocycles. The highest BCUT2D eigenvalue weighted by Crippen LogP contribution is 2.18. The quantitative estimate of drug-likeness (QED) is 0.304. The zero-order chi connectivity index (χ0) is 10.8. The number of hydrogen-bond acceptors (Lipinski definition) is 4. The number of nitrogens with zero attached hydrogens (tertiary/aromatic N) is 1. The Hall–Kier alpha value is -0.790. The van der Waals surface area contributed by atoms with Crippen molar-refractivity contribution in [2.24, 2.45) is 11.6 Å². The highest BCUT2D eigenvalue weighted by Gasteiger charge is 2.41. The van der Waals surface area contributed by atoms with Crippen molar-refractivity contribution < 1.29 is 13.6 Å². The van der Waals surface area contributed by atoms with Gasteiger partial charge in [-0.2, -0.15) is 8.78 Å². The molecule has 0 aromatic rings. The van der Waals surface area contributed by atoms with E-state index in [9.17, 15) is 13.6 Å². The second-order valence-electron chi connectivity index (χ2n) is 3.46. The van der Waals surface area contributed by atoms with E-state index in [1.807, 2.05) is 0 Å². The number of amides is 1. The molecular formula is C7H14F2N4O. The molecule has 1 atom stereocenters. The highest BCUT2D eigenvalue weighted by atomic mass is 19.3. The second-order valence-corrected chi connectivity index (χ2v) is 3.46. The lowest BCUT2D eigenvalue weighted by molar-refractivity contribution is -0.148. The lowest BCUT2D eigenvalue weighted by atomic mass is 10.3. The summed E-state index contributed by atoms with van der Waals surface area (Å²) < 4.78 is 26.0. The molecule has 1 rings (SSSR count). The molecule has 1 aliphatic rings. The summed E-state index contributed by atoms with van der Waals surface area (Å²) >= 11 is 0. The monoisotopic (exact) mass is 208 g/mol. The molecule has 0 spiro atoms. The molecule has 0 radical (unpaired) electrons. The highest BCUT2D eigenvalue weighted by molar-refractivity contribution is 5.83. The van der Waals surface area contributed by atoms with Gasteiger partial charge in [-0.05, 0) is 13.0 Å². The molecule has 1 aliphatic heterocycles. The molecule has 82 valence electrons. The minimum Gasteiger partial charge on any atom is -0.326 e. The Morgan fingerprint density at radius 3 is 2.71 bits per heavy atom. The van der Waals surface area contributed by atoms with Crippen LogP contribution in [0, 0.1) is 0 Å². The molecule has 1 fully saturated rings. The maximum atomic E-state index is 13.0. The van der Waals surface area contributed by atoms with Gasteiger partial charge in [0.15, 0.2) is 0 Å². The third-order valence-electron chi connectivity index (χ3n) is 2.19. The molecule has 1 amide bonds. The van der Waals surface area contributed by atoms with Crippen molar-refractivity contribution in [1.29, 1.82) is 0 Å². The summed E-state index contributed by atoms with van der Waals surface area (Å²) in [6.07, 6.45) is 0.681. The van der Waals surface area contributed by atoms with Crippen LogP contribution >= 0.6 is 0 Å². The molecule has 1 heterocycles. The lowest BCUT2D eigenvalue weighted by Crippen LogP contribution is -2.50. The van der Waals surface area contributed by atoms with Gasteiger partial charge in [-0.3, -0.25) is 15.1 Å². The van der Waals surface area contributed by atoms with E-state index in [4.69, 9.17) is 5.73 Å². The van der Waals surface area contributed by atoms with Gasteiger partial charge in [-0.1, -0.05) is 0 Å². The van der Waals surface area contributed by atoms with Gasteiger partial charge in [-0.25, -0.2) is 5.84 Å². The van der Waals surface area contributed by atoms with E-state index >= 15 is 0 Å². The van der Waals surface area contributed by atoms with Gasteiger partial charge in [0.1, 0.15) is 0 Å². The molecule has 1 unspecified atom stereocenters. The van der Waals surface area contributed by atoms with Crippen molar-refractivity contribution in [3.05, 3.63) is 0 Å². The van der Waals surface area contributed by atoms with E-state index < -0.39 is 18.4 Å². The number of halogens is 2. The van der Waals surface area contributed by atoms with E-state index in [2.05, 4.69) is 5.84 Å². The number of likely N-dealkylation sites (tertiary alicyclic amines) is 1. The Bertz CT molecular complexity index is 224. The first kappa shape index (κ1) is 11.3. The van der Waals surface area contributed by atoms with Crippen LogP contribution in [0.5, 0.6) is 0 Å². The van der Waals surface area contributed by atoms with Crippen molar-refractivity contribution >= 4 is 5.91 Å². The maximum absolute atomic E-state index is 13.0. The molecule has 14 heavy (non-hydrogen) atoms. The number of nitrogens with one attached hydrogen (secondary N) is 1. The average molecular weight is 208 g/mol. The summed E-state index contributed by atoms with van der Waals surface area (Å²) in [7, 11) is 0. The van der Waals surface area contributed by atoms with E-state index in [1.54, 1.807) is 0 Å². The molecule has 0 bridgehead atoms. The summed E-state index contributed by atoms with van der Waals surface area (Å²) in [5.41, 5.74) is 6.98. The minimum absolute atomic E-state index is 0.0771. The van der Waals surface area contributed by atoms with Crippen molar-refractivity contribution in [2.75, 3.05) is 19.6 Å². The molecule has 7 heteroatoms. The largest absolute Gasteiger partial charge is 0.338 e. The van der Waals surface area contributed by atoms with Crippen LogP contribution < -0.4 is 17.0 Å². The third-order valence-corrected chi connectivity index (χ3v) is 2.19. The van der Waals surface area contributed by atoms with E-state index in [-0.39, 0.29) is 6.04 Å². The molecule has 1 saturated heterocycles. The van der Waals surface area contributed by atoms with Gasteiger partial charge in [0, 0.05) is 12.6 Å². The minimum atomic E-state index is -3.45. The van der Waals surface area contributed by atoms with Crippen LogP contribution in [0.25, 0.3) is 0 Å². The van der Waals surface area contributed by atoms with Gasteiger partial charge in [-0.15, -0.1) is 0 Å². The van der Waals surface area contributed by atoms with Crippen molar-refractivity contribution in [1.82, 2.24) is 10.3 Å². The Morgan fingerprint density at radius 1 is 1.64 bits per heavy atom. The Balaban J connectivity index is 2.46. The Labute approximate surface area is 80.4 Å². The maximum Gasteiger partial charge on any atom is 0.338 e. The lowest BCUT2D eigenvalue weighted by Gasteiger charge is -2.21. The number of hydrogen-bond donors (Lipinski definition) is 3. The van der Waals surface area contributed by atoms with Gasteiger partial charge >= 0.3 is 11.8 Å². The van der Waals surface area contributed by atoms with Crippen LogP contribution in [0.3, 0.4) is 0 Å². The van der Waals surface area contributed by atoms with Crippen LogP contribution in [0.15, 0.2) is 0 Å². The van der Waals surface area contributed by atoms with Gasteiger partial charge in [0.2, 0.25) is 0 Å². The SMILES string of the molecule is NNC(=O)C(F)(F)CN1CCC(N)C1. The van der Waals surface area contributed by atoms with Crippen LogP contribution in [-0.4, -0.2) is 42.4 Å². The normalized spacial score (nSPS) is 23.9. The number of nitrogens with two attached hydrogens (primary N) is 2. The van der Waals surface area contributed by atoms with Gasteiger partial charge in [0.05, 0.1) is 6.54 Å². The fraction of sp³-hybridized carbons (Fsp3) is 0.857. The first-order valence-corrected chi connectivity index (χ1v) is 4.32. The number of carbonyl (C=O) groups excluding carboxylic acids is 1. The number of alkyl halides is 2. The Morgan fingerprint density at radius 2 is 2.29 bits per heavy atom. The van der Waals surface area contributed by atoms with Crippen molar-refractivity contribution in [2.45, 2.75) is 18.4 Å². The van der Waals surface area contributed by atoms with Gasteiger partial charge in [0.25, 0.3) is 0 Å². The summed E-state index contributed by atoms with van der Waals surface area (Å²) in [5.74, 6) is -0.269. The predicted molar refractivity (Wildman–Crippen MR) is 46.3 cm³/mol. The Kier molecular flexibility index (Phi) is 3.35. The third kappa shape index (κ3) is 2.60. The summed E-state index contributed by atoms with van der Waals surface area (Å²) in [6, 6.07) is -0.0771. The molecule has 0 aromatic heterocycles. The first-order valence-electron chi connectivity index (χ1n) is 4.32. The van der Waals surface area contributed by atoms with E-state index in [0.29, 0.717) is 19.5 Å². The van der Waals surface area contributed by atoms with Crippen LogP contribution in [0.2, 0.25) is 0 Å². The summed E-state index contributed by atoms with van der Waals surface area (Å²) in [4.78, 5) is 12.1. The zero-order valence-corrected chi connectivity index (χ0v) is 7.67. The molecule has 5 nitrogen and oxygen atoms in total. The molecule has 0 saturated carbocycles. The fourth-order valence-corrected chi connectivity index (χ4v) is 1.46.